The number of anilines is 1. The molecule has 0 bridgehead atoms. The molecular weight excluding hydrogens is 306 g/mol. The quantitative estimate of drug-likeness (QED) is 0.908. The number of fused-ring (bicyclic) bond motifs is 1. The third-order valence-electron chi connectivity index (χ3n) is 4.84. The van der Waals surface area contributed by atoms with E-state index in [1.807, 2.05) is 23.1 Å². The number of hydrogen-bond acceptors (Lipinski definition) is 4. The van der Waals surface area contributed by atoms with E-state index in [4.69, 9.17) is 0 Å². The fourth-order valence-electron chi connectivity index (χ4n) is 3.61. The first-order chi connectivity index (χ1) is 11.6. The fraction of sp³-hybridized carbons (Fsp3) is 0.412. The summed E-state index contributed by atoms with van der Waals surface area (Å²) in [4.78, 5) is 32.5. The van der Waals surface area contributed by atoms with Gasteiger partial charge in [-0.2, -0.15) is 5.10 Å². The Morgan fingerprint density at radius 2 is 2.04 bits per heavy atom. The standard InChI is InChI=1S/C17H19N5O2/c1-11(23)22-9-14(16-18-10-19-20-16)13-8-12(4-5-15(13)22)17(24)21-6-2-3-7-21/h4-5,8,10,14H,2-3,6-7,9H2,1H3,(H,18,19,20). The molecular formula is C17H19N5O2. The smallest absolute Gasteiger partial charge is 0.253 e. The van der Waals surface area contributed by atoms with Crippen LogP contribution in [-0.4, -0.2) is 51.5 Å². The lowest BCUT2D eigenvalue weighted by Gasteiger charge is -2.17. The number of amides is 2. The van der Waals surface area contributed by atoms with Crippen LogP contribution < -0.4 is 4.90 Å². The highest BCUT2D eigenvalue weighted by molar-refractivity contribution is 5.98. The largest absolute Gasteiger partial charge is 0.339 e. The van der Waals surface area contributed by atoms with Gasteiger partial charge in [-0.05, 0) is 36.6 Å². The van der Waals surface area contributed by atoms with Gasteiger partial charge in [0, 0.05) is 37.8 Å². The molecule has 0 spiro atoms. The average Bonchev–Trinajstić information content (AvgIpc) is 3.32. The first kappa shape index (κ1) is 14.9. The third-order valence-corrected chi connectivity index (χ3v) is 4.84. The SMILES string of the molecule is CC(=O)N1CC(c2ncn[nH]2)c2cc(C(=O)N3CCCC3)ccc21. The zero-order valence-electron chi connectivity index (χ0n) is 13.5. The first-order valence-corrected chi connectivity index (χ1v) is 8.21. The van der Waals surface area contributed by atoms with Crippen LogP contribution in [-0.2, 0) is 4.79 Å². The summed E-state index contributed by atoms with van der Waals surface area (Å²) in [5.41, 5.74) is 2.47. The first-order valence-electron chi connectivity index (χ1n) is 8.21. The highest BCUT2D eigenvalue weighted by Crippen LogP contribution is 2.39. The number of H-pyrrole nitrogens is 1. The van der Waals surface area contributed by atoms with E-state index in [1.165, 1.54) is 6.33 Å². The minimum Gasteiger partial charge on any atom is -0.339 e. The molecule has 0 aliphatic carbocycles. The van der Waals surface area contributed by atoms with Crippen LogP contribution in [0.15, 0.2) is 24.5 Å². The van der Waals surface area contributed by atoms with Crippen molar-refractivity contribution in [3.05, 3.63) is 41.5 Å². The summed E-state index contributed by atoms with van der Waals surface area (Å²) < 4.78 is 0. The van der Waals surface area contributed by atoms with E-state index in [1.54, 1.807) is 11.8 Å². The van der Waals surface area contributed by atoms with E-state index < -0.39 is 0 Å². The molecule has 3 heterocycles. The van der Waals surface area contributed by atoms with Gasteiger partial charge in [-0.1, -0.05) is 0 Å². The molecule has 2 aromatic rings. The number of carbonyl (C=O) groups excluding carboxylic acids is 2. The third kappa shape index (κ3) is 2.36. The Hall–Kier alpha value is -2.70. The number of nitrogens with one attached hydrogen (secondary N) is 1. The number of benzene rings is 1. The Morgan fingerprint density at radius 3 is 2.71 bits per heavy atom. The fourth-order valence-corrected chi connectivity index (χ4v) is 3.61. The number of nitrogens with zero attached hydrogens (tertiary/aromatic N) is 4. The van der Waals surface area contributed by atoms with Crippen LogP contribution in [0.3, 0.4) is 0 Å². The molecule has 1 saturated heterocycles. The predicted octanol–water partition coefficient (Wildman–Crippen LogP) is 1.54. The summed E-state index contributed by atoms with van der Waals surface area (Å²) >= 11 is 0. The van der Waals surface area contributed by atoms with Gasteiger partial charge in [0.15, 0.2) is 0 Å². The van der Waals surface area contributed by atoms with E-state index in [9.17, 15) is 9.59 Å². The zero-order chi connectivity index (χ0) is 16.7. The van der Waals surface area contributed by atoms with Crippen LogP contribution in [0.2, 0.25) is 0 Å². The normalized spacial score (nSPS) is 19.6. The number of aromatic amines is 1. The number of carbonyl (C=O) groups is 2. The summed E-state index contributed by atoms with van der Waals surface area (Å²) in [5, 5.41) is 6.80. The lowest BCUT2D eigenvalue weighted by atomic mass is 9.98. The molecule has 1 atom stereocenters. The summed E-state index contributed by atoms with van der Waals surface area (Å²) in [6, 6.07) is 5.60. The second-order valence-electron chi connectivity index (χ2n) is 6.33. The molecule has 0 radical (unpaired) electrons. The van der Waals surface area contributed by atoms with Gasteiger partial charge in [0.05, 0.1) is 5.92 Å². The van der Waals surface area contributed by atoms with Gasteiger partial charge in [-0.15, -0.1) is 0 Å². The van der Waals surface area contributed by atoms with Gasteiger partial charge in [-0.3, -0.25) is 14.7 Å². The van der Waals surface area contributed by atoms with E-state index in [2.05, 4.69) is 15.2 Å². The number of rotatable bonds is 2. The van der Waals surface area contributed by atoms with Crippen molar-refractivity contribution >= 4 is 17.5 Å². The lowest BCUT2D eigenvalue weighted by Crippen LogP contribution is -2.28. The van der Waals surface area contributed by atoms with Crippen molar-refractivity contribution in [3.63, 3.8) is 0 Å². The molecule has 1 aromatic carbocycles. The van der Waals surface area contributed by atoms with E-state index in [0.717, 1.165) is 37.2 Å². The van der Waals surface area contributed by atoms with Gasteiger partial charge in [0.25, 0.3) is 5.91 Å². The topological polar surface area (TPSA) is 82.2 Å². The summed E-state index contributed by atoms with van der Waals surface area (Å²) in [7, 11) is 0. The Bertz CT molecular complexity index is 780. The molecule has 1 aromatic heterocycles. The van der Waals surface area contributed by atoms with Crippen LogP contribution in [0.4, 0.5) is 5.69 Å². The predicted molar refractivity (Wildman–Crippen MR) is 87.8 cm³/mol. The van der Waals surface area contributed by atoms with Crippen molar-refractivity contribution in [1.82, 2.24) is 20.1 Å². The molecule has 4 rings (SSSR count). The molecule has 2 aliphatic rings. The number of hydrogen-bond donors (Lipinski definition) is 1. The summed E-state index contributed by atoms with van der Waals surface area (Å²) in [5.74, 6) is 0.674. The van der Waals surface area contributed by atoms with Gasteiger partial charge in [-0.25, -0.2) is 4.98 Å². The van der Waals surface area contributed by atoms with Crippen LogP contribution in [0, 0.1) is 0 Å². The zero-order valence-corrected chi connectivity index (χ0v) is 13.5. The van der Waals surface area contributed by atoms with Crippen LogP contribution in [0.1, 0.15) is 47.4 Å². The molecule has 2 amide bonds. The van der Waals surface area contributed by atoms with E-state index in [0.29, 0.717) is 17.9 Å². The molecule has 0 saturated carbocycles. The summed E-state index contributed by atoms with van der Waals surface area (Å²) in [6.07, 6.45) is 3.59. The monoisotopic (exact) mass is 325 g/mol. The molecule has 1 unspecified atom stereocenters. The van der Waals surface area contributed by atoms with E-state index >= 15 is 0 Å². The maximum Gasteiger partial charge on any atom is 0.253 e. The van der Waals surface area contributed by atoms with Crippen molar-refractivity contribution in [2.75, 3.05) is 24.5 Å². The van der Waals surface area contributed by atoms with Crippen LogP contribution >= 0.6 is 0 Å². The number of likely N-dealkylation sites (tertiary alicyclic amines) is 1. The minimum absolute atomic E-state index is 0.0168. The van der Waals surface area contributed by atoms with Gasteiger partial charge < -0.3 is 9.80 Å². The Balaban J connectivity index is 1.73. The van der Waals surface area contributed by atoms with Crippen molar-refractivity contribution in [1.29, 1.82) is 0 Å². The average molecular weight is 325 g/mol. The van der Waals surface area contributed by atoms with Crippen molar-refractivity contribution in [2.45, 2.75) is 25.7 Å². The van der Waals surface area contributed by atoms with E-state index in [-0.39, 0.29) is 17.7 Å². The molecule has 1 fully saturated rings. The van der Waals surface area contributed by atoms with Crippen LogP contribution in [0.25, 0.3) is 0 Å². The van der Waals surface area contributed by atoms with Gasteiger partial charge in [0.1, 0.15) is 12.2 Å². The maximum atomic E-state index is 12.7. The highest BCUT2D eigenvalue weighted by atomic mass is 16.2. The van der Waals surface area contributed by atoms with Crippen molar-refractivity contribution in [3.8, 4) is 0 Å². The molecule has 2 aliphatic heterocycles. The molecule has 24 heavy (non-hydrogen) atoms. The second kappa shape index (κ2) is 5.74. The number of aromatic nitrogens is 3. The molecule has 7 heteroatoms. The van der Waals surface area contributed by atoms with Crippen molar-refractivity contribution in [2.24, 2.45) is 0 Å². The Kier molecular flexibility index (Phi) is 3.55. The summed E-state index contributed by atoms with van der Waals surface area (Å²) in [6.45, 7) is 3.71. The Morgan fingerprint density at radius 1 is 1.25 bits per heavy atom. The second-order valence-corrected chi connectivity index (χ2v) is 6.33. The molecule has 7 nitrogen and oxygen atoms in total. The maximum absolute atomic E-state index is 12.7. The molecule has 1 N–H and O–H groups in total. The lowest BCUT2D eigenvalue weighted by molar-refractivity contribution is -0.116. The van der Waals surface area contributed by atoms with Gasteiger partial charge in [0.2, 0.25) is 5.91 Å². The van der Waals surface area contributed by atoms with Crippen LogP contribution in [0.5, 0.6) is 0 Å². The highest BCUT2D eigenvalue weighted by Gasteiger charge is 2.34. The van der Waals surface area contributed by atoms with Gasteiger partial charge >= 0.3 is 0 Å². The minimum atomic E-state index is -0.0854. The van der Waals surface area contributed by atoms with Crippen molar-refractivity contribution < 1.29 is 9.59 Å². The molecule has 124 valence electrons. The Labute approximate surface area is 139 Å².